The highest BCUT2D eigenvalue weighted by Crippen LogP contribution is 2.32. The molecule has 1 N–H and O–H groups in total. The first kappa shape index (κ1) is 16.8. The summed E-state index contributed by atoms with van der Waals surface area (Å²) in [7, 11) is 0. The number of pyridine rings is 1. The highest BCUT2D eigenvalue weighted by atomic mass is 19.3. The Bertz CT molecular complexity index is 672. The smallest absolute Gasteiger partial charge is 0.268 e. The number of carbonyl (C=O) groups is 2. The normalized spacial score (nSPS) is 20.7. The van der Waals surface area contributed by atoms with Gasteiger partial charge in [-0.2, -0.15) is 5.26 Å². The lowest BCUT2D eigenvalue weighted by Crippen LogP contribution is -2.48. The SMILES string of the molecule is Cc1cc(C(=O)NC(C)C(=O)N2CC(F)(F)CC2C#N)ccn1. The average Bonchev–Trinajstić information content (AvgIpc) is 2.81. The maximum atomic E-state index is 13.4. The number of hydrogen-bond acceptors (Lipinski definition) is 4. The second-order valence-corrected chi connectivity index (χ2v) is 5.55. The third-order valence-corrected chi connectivity index (χ3v) is 3.58. The van der Waals surface area contributed by atoms with E-state index in [-0.39, 0.29) is 0 Å². The van der Waals surface area contributed by atoms with Crippen molar-refractivity contribution < 1.29 is 18.4 Å². The Morgan fingerprint density at radius 2 is 2.26 bits per heavy atom. The van der Waals surface area contributed by atoms with Crippen LogP contribution in [0.4, 0.5) is 8.78 Å². The van der Waals surface area contributed by atoms with E-state index in [9.17, 15) is 18.4 Å². The van der Waals surface area contributed by atoms with Crippen LogP contribution in [0.15, 0.2) is 18.3 Å². The van der Waals surface area contributed by atoms with Crippen LogP contribution in [0.5, 0.6) is 0 Å². The Balaban J connectivity index is 2.06. The van der Waals surface area contributed by atoms with Gasteiger partial charge in [0.15, 0.2) is 0 Å². The van der Waals surface area contributed by atoms with Gasteiger partial charge in [0.2, 0.25) is 5.91 Å². The molecule has 2 rings (SSSR count). The first-order chi connectivity index (χ1) is 10.7. The summed E-state index contributed by atoms with van der Waals surface area (Å²) in [5, 5.41) is 11.4. The maximum Gasteiger partial charge on any atom is 0.268 e. The second-order valence-electron chi connectivity index (χ2n) is 5.55. The second kappa shape index (κ2) is 6.28. The molecule has 0 aliphatic carbocycles. The zero-order valence-corrected chi connectivity index (χ0v) is 12.7. The lowest BCUT2D eigenvalue weighted by Gasteiger charge is -2.23. The standard InChI is InChI=1S/C15H16F2N4O2/c1-9-5-11(3-4-19-9)13(22)20-10(2)14(23)21-8-15(16,17)6-12(21)7-18/h3-5,10,12H,6,8H2,1-2H3,(H,20,22). The van der Waals surface area contributed by atoms with Crippen molar-refractivity contribution in [2.75, 3.05) is 6.54 Å². The lowest BCUT2D eigenvalue weighted by atomic mass is 10.2. The first-order valence-corrected chi connectivity index (χ1v) is 7.05. The van der Waals surface area contributed by atoms with Crippen molar-refractivity contribution in [3.8, 4) is 6.07 Å². The van der Waals surface area contributed by atoms with Gasteiger partial charge in [-0.25, -0.2) is 8.78 Å². The van der Waals surface area contributed by atoms with E-state index in [2.05, 4.69) is 10.3 Å². The van der Waals surface area contributed by atoms with Crippen LogP contribution in [0.1, 0.15) is 29.4 Å². The summed E-state index contributed by atoms with van der Waals surface area (Å²) >= 11 is 0. The summed E-state index contributed by atoms with van der Waals surface area (Å²) in [4.78, 5) is 29.1. The minimum Gasteiger partial charge on any atom is -0.341 e. The molecule has 0 radical (unpaired) electrons. The summed E-state index contributed by atoms with van der Waals surface area (Å²) < 4.78 is 26.8. The number of aryl methyl sites for hydroxylation is 1. The molecule has 0 saturated carbocycles. The van der Waals surface area contributed by atoms with E-state index in [1.54, 1.807) is 19.1 Å². The number of nitrogens with zero attached hydrogens (tertiary/aromatic N) is 3. The molecule has 23 heavy (non-hydrogen) atoms. The number of alkyl halides is 2. The average molecular weight is 322 g/mol. The molecule has 8 heteroatoms. The molecule has 2 atom stereocenters. The Labute approximate surface area is 132 Å². The summed E-state index contributed by atoms with van der Waals surface area (Å²) in [5.41, 5.74) is 0.959. The molecule has 1 aliphatic heterocycles. The monoisotopic (exact) mass is 322 g/mol. The van der Waals surface area contributed by atoms with Crippen LogP contribution in [-0.4, -0.2) is 46.2 Å². The molecular weight excluding hydrogens is 306 g/mol. The molecule has 2 heterocycles. The molecule has 1 fully saturated rings. The molecule has 1 aromatic rings. The van der Waals surface area contributed by atoms with E-state index >= 15 is 0 Å². The Morgan fingerprint density at radius 1 is 1.57 bits per heavy atom. The van der Waals surface area contributed by atoms with Crippen LogP contribution in [-0.2, 0) is 4.79 Å². The fourth-order valence-corrected chi connectivity index (χ4v) is 2.44. The van der Waals surface area contributed by atoms with Crippen LogP contribution in [0, 0.1) is 18.3 Å². The Hall–Kier alpha value is -2.56. The number of amides is 2. The Morgan fingerprint density at radius 3 is 2.87 bits per heavy atom. The number of aromatic nitrogens is 1. The molecule has 0 aromatic carbocycles. The van der Waals surface area contributed by atoms with Gasteiger partial charge in [-0.05, 0) is 26.0 Å². The number of likely N-dealkylation sites (tertiary alicyclic amines) is 1. The van der Waals surface area contributed by atoms with Crippen molar-refractivity contribution in [3.05, 3.63) is 29.6 Å². The van der Waals surface area contributed by atoms with E-state index in [1.807, 2.05) is 0 Å². The van der Waals surface area contributed by atoms with Gasteiger partial charge in [-0.3, -0.25) is 14.6 Å². The summed E-state index contributed by atoms with van der Waals surface area (Å²) in [6, 6.07) is 2.55. The third-order valence-electron chi connectivity index (χ3n) is 3.58. The van der Waals surface area contributed by atoms with Gasteiger partial charge in [-0.1, -0.05) is 0 Å². The number of hydrogen-bond donors (Lipinski definition) is 1. The van der Waals surface area contributed by atoms with Crippen LogP contribution >= 0.6 is 0 Å². The summed E-state index contributed by atoms with van der Waals surface area (Å²) in [5.74, 6) is -4.29. The molecule has 122 valence electrons. The van der Waals surface area contributed by atoms with Crippen molar-refractivity contribution in [3.63, 3.8) is 0 Å². The van der Waals surface area contributed by atoms with Crippen LogP contribution in [0.2, 0.25) is 0 Å². The Kier molecular flexibility index (Phi) is 4.59. The molecule has 2 unspecified atom stereocenters. The predicted octanol–water partition coefficient (Wildman–Crippen LogP) is 1.27. The van der Waals surface area contributed by atoms with Crippen LogP contribution < -0.4 is 5.32 Å². The van der Waals surface area contributed by atoms with E-state index in [4.69, 9.17) is 5.26 Å². The van der Waals surface area contributed by atoms with Crippen molar-refractivity contribution >= 4 is 11.8 Å². The highest BCUT2D eigenvalue weighted by molar-refractivity contribution is 5.97. The first-order valence-electron chi connectivity index (χ1n) is 7.05. The number of nitriles is 1. The molecule has 6 nitrogen and oxygen atoms in total. The topological polar surface area (TPSA) is 86.1 Å². The number of halogens is 2. The molecular formula is C15H16F2N4O2. The van der Waals surface area contributed by atoms with Crippen molar-refractivity contribution in [2.24, 2.45) is 0 Å². The van der Waals surface area contributed by atoms with Crippen molar-refractivity contribution in [1.29, 1.82) is 5.26 Å². The molecule has 0 bridgehead atoms. The van der Waals surface area contributed by atoms with E-state index in [0.29, 0.717) is 11.3 Å². The summed E-state index contributed by atoms with van der Waals surface area (Å²) in [6.45, 7) is 2.31. The number of rotatable bonds is 3. The largest absolute Gasteiger partial charge is 0.341 e. The number of carbonyl (C=O) groups excluding carboxylic acids is 2. The maximum absolute atomic E-state index is 13.4. The van der Waals surface area contributed by atoms with Crippen molar-refractivity contribution in [2.45, 2.75) is 38.3 Å². The van der Waals surface area contributed by atoms with E-state index in [0.717, 1.165) is 4.90 Å². The zero-order valence-electron chi connectivity index (χ0n) is 12.7. The fourth-order valence-electron chi connectivity index (χ4n) is 2.44. The minimum atomic E-state index is -3.08. The van der Waals surface area contributed by atoms with E-state index in [1.165, 1.54) is 19.2 Å². The highest BCUT2D eigenvalue weighted by Gasteiger charge is 2.48. The number of nitrogens with one attached hydrogen (secondary N) is 1. The molecule has 1 aliphatic rings. The van der Waals surface area contributed by atoms with Gasteiger partial charge in [0.1, 0.15) is 12.1 Å². The quantitative estimate of drug-likeness (QED) is 0.908. The van der Waals surface area contributed by atoms with E-state index < -0.39 is 42.8 Å². The fraction of sp³-hybridized carbons (Fsp3) is 0.467. The van der Waals surface area contributed by atoms with Crippen molar-refractivity contribution in [1.82, 2.24) is 15.2 Å². The predicted molar refractivity (Wildman–Crippen MR) is 76.6 cm³/mol. The summed E-state index contributed by atoms with van der Waals surface area (Å²) in [6.07, 6.45) is 0.781. The van der Waals surface area contributed by atoms with Gasteiger partial charge < -0.3 is 10.2 Å². The van der Waals surface area contributed by atoms with Crippen LogP contribution in [0.3, 0.4) is 0 Å². The van der Waals surface area contributed by atoms with Crippen LogP contribution in [0.25, 0.3) is 0 Å². The molecule has 1 saturated heterocycles. The van der Waals surface area contributed by atoms with Gasteiger partial charge in [0.05, 0.1) is 12.6 Å². The lowest BCUT2D eigenvalue weighted by molar-refractivity contribution is -0.134. The van der Waals surface area contributed by atoms with Gasteiger partial charge >= 0.3 is 0 Å². The van der Waals surface area contributed by atoms with Gasteiger partial charge in [-0.15, -0.1) is 0 Å². The van der Waals surface area contributed by atoms with Gasteiger partial charge in [0.25, 0.3) is 11.8 Å². The minimum absolute atomic E-state index is 0.320. The zero-order chi connectivity index (χ0) is 17.2. The van der Waals surface area contributed by atoms with Gasteiger partial charge in [0, 0.05) is 23.9 Å². The molecule has 1 aromatic heterocycles. The molecule has 2 amide bonds. The molecule has 0 spiro atoms. The third kappa shape index (κ3) is 3.80.